The fourth-order valence-corrected chi connectivity index (χ4v) is 5.96. The van der Waals surface area contributed by atoms with Crippen LogP contribution in [0, 0.1) is 5.92 Å². The molecule has 0 amide bonds. The van der Waals surface area contributed by atoms with Crippen molar-refractivity contribution in [1.29, 1.82) is 0 Å². The highest BCUT2D eigenvalue weighted by Gasteiger charge is 2.27. The molecule has 38 heavy (non-hydrogen) atoms. The van der Waals surface area contributed by atoms with Crippen molar-refractivity contribution in [2.75, 3.05) is 0 Å². The van der Waals surface area contributed by atoms with Crippen molar-refractivity contribution in [3.63, 3.8) is 0 Å². The van der Waals surface area contributed by atoms with Crippen LogP contribution in [0.3, 0.4) is 0 Å². The first-order valence-electron chi connectivity index (χ1n) is 14.2. The highest BCUT2D eigenvalue weighted by Crippen LogP contribution is 2.36. The van der Waals surface area contributed by atoms with Gasteiger partial charge in [-0.25, -0.2) is 9.97 Å². The van der Waals surface area contributed by atoms with Gasteiger partial charge >= 0.3 is 0 Å². The Bertz CT molecular complexity index is 1520. The Morgan fingerprint density at radius 2 is 1.76 bits per heavy atom. The van der Waals surface area contributed by atoms with E-state index in [4.69, 9.17) is 9.97 Å². The minimum absolute atomic E-state index is 0.0611. The third-order valence-electron chi connectivity index (χ3n) is 8.96. The predicted octanol–water partition coefficient (Wildman–Crippen LogP) is 8.48. The number of rotatable bonds is 6. The van der Waals surface area contributed by atoms with Crippen LogP contribution in [-0.2, 0) is 30.8 Å². The molecule has 1 atom stereocenters. The molecular weight excluding hydrogens is 464 g/mol. The number of aromatic nitrogens is 4. The average Bonchev–Trinajstić information content (AvgIpc) is 3.55. The molecule has 4 nitrogen and oxygen atoms in total. The zero-order chi connectivity index (χ0) is 27.4. The van der Waals surface area contributed by atoms with Crippen molar-refractivity contribution in [1.82, 2.24) is 19.1 Å². The van der Waals surface area contributed by atoms with E-state index in [0.29, 0.717) is 5.92 Å². The van der Waals surface area contributed by atoms with Gasteiger partial charge in [-0.05, 0) is 72.3 Å². The summed E-state index contributed by atoms with van der Waals surface area (Å²) >= 11 is 0. The minimum Gasteiger partial charge on any atom is -0.328 e. The monoisotopic (exact) mass is 508 g/mol. The lowest BCUT2D eigenvalue weighted by molar-refractivity contribution is 0.505. The highest BCUT2D eigenvalue weighted by atomic mass is 15.1. The molecule has 2 aromatic heterocycles. The minimum atomic E-state index is 0.0611. The van der Waals surface area contributed by atoms with Gasteiger partial charge in [-0.15, -0.1) is 0 Å². The van der Waals surface area contributed by atoms with E-state index in [-0.39, 0.29) is 10.8 Å². The number of allylic oxidation sites excluding steroid dienone is 2. The standard InChI is InChI=1S/C34H44N4/c1-10-34(7,8)26-14-11-13-25(19-26)29-20-35-30-18-24(21-38(29)30)17-22(2)23(3)32-36-31-27(33(4,5)6)15-12-16-28(31)37(32)9/h11-16,19-20,24H,10,17-18,21H2,1-9H3/b23-22-. The van der Waals surface area contributed by atoms with Gasteiger partial charge in [0.2, 0.25) is 0 Å². The molecular formula is C34H44N4. The number of hydrogen-bond acceptors (Lipinski definition) is 2. The first kappa shape index (κ1) is 26.5. The summed E-state index contributed by atoms with van der Waals surface area (Å²) in [6.07, 6.45) is 5.29. The number of fused-ring (bicyclic) bond motifs is 2. The van der Waals surface area contributed by atoms with Gasteiger partial charge in [-0.3, -0.25) is 0 Å². The van der Waals surface area contributed by atoms with Crippen LogP contribution in [0.15, 0.2) is 54.2 Å². The van der Waals surface area contributed by atoms with Crippen LogP contribution in [0.5, 0.6) is 0 Å². The molecule has 0 aliphatic carbocycles. The molecule has 0 radical (unpaired) electrons. The van der Waals surface area contributed by atoms with Crippen LogP contribution in [0.4, 0.5) is 0 Å². The molecule has 0 spiro atoms. The van der Waals surface area contributed by atoms with Gasteiger partial charge in [0.15, 0.2) is 0 Å². The molecule has 2 aromatic carbocycles. The quantitative estimate of drug-likeness (QED) is 0.262. The zero-order valence-corrected chi connectivity index (χ0v) is 24.8. The van der Waals surface area contributed by atoms with Crippen molar-refractivity contribution < 1.29 is 0 Å². The maximum atomic E-state index is 5.18. The van der Waals surface area contributed by atoms with Gasteiger partial charge in [-0.1, -0.05) is 77.4 Å². The fraction of sp³-hybridized carbons (Fsp3) is 0.471. The van der Waals surface area contributed by atoms with Crippen molar-refractivity contribution in [2.45, 2.75) is 92.0 Å². The number of para-hydroxylation sites is 1. The lowest BCUT2D eigenvalue weighted by atomic mass is 9.81. The average molecular weight is 509 g/mol. The van der Waals surface area contributed by atoms with Crippen LogP contribution < -0.4 is 0 Å². The normalized spacial score (nSPS) is 16.7. The van der Waals surface area contributed by atoms with Crippen molar-refractivity contribution in [2.24, 2.45) is 13.0 Å². The molecule has 0 saturated carbocycles. The molecule has 0 saturated heterocycles. The Balaban J connectivity index is 1.40. The van der Waals surface area contributed by atoms with Gasteiger partial charge in [0.1, 0.15) is 11.6 Å². The topological polar surface area (TPSA) is 35.6 Å². The lowest BCUT2D eigenvalue weighted by Gasteiger charge is -2.24. The van der Waals surface area contributed by atoms with Gasteiger partial charge in [0.25, 0.3) is 0 Å². The summed E-state index contributed by atoms with van der Waals surface area (Å²) in [6, 6.07) is 15.6. The van der Waals surface area contributed by atoms with Crippen LogP contribution in [0.2, 0.25) is 0 Å². The van der Waals surface area contributed by atoms with Crippen molar-refractivity contribution >= 4 is 16.6 Å². The van der Waals surface area contributed by atoms with E-state index in [9.17, 15) is 0 Å². The second kappa shape index (κ2) is 9.55. The highest BCUT2D eigenvalue weighted by molar-refractivity contribution is 5.83. The van der Waals surface area contributed by atoms with E-state index in [1.165, 1.54) is 44.9 Å². The second-order valence-corrected chi connectivity index (χ2v) is 13.1. The summed E-state index contributed by atoms with van der Waals surface area (Å²) < 4.78 is 4.72. The van der Waals surface area contributed by atoms with Crippen molar-refractivity contribution in [3.8, 4) is 11.3 Å². The maximum Gasteiger partial charge on any atom is 0.136 e. The number of nitrogens with zero attached hydrogens (tertiary/aromatic N) is 4. The Kier molecular flexibility index (Phi) is 6.65. The van der Waals surface area contributed by atoms with E-state index >= 15 is 0 Å². The van der Waals surface area contributed by atoms with E-state index in [2.05, 4.69) is 120 Å². The smallest absolute Gasteiger partial charge is 0.136 e. The summed E-state index contributed by atoms with van der Waals surface area (Å²) in [5.41, 5.74) is 10.5. The number of imidazole rings is 2. The van der Waals surface area contributed by atoms with Crippen LogP contribution in [0.1, 0.15) is 91.0 Å². The molecule has 1 aliphatic rings. The Morgan fingerprint density at radius 3 is 2.47 bits per heavy atom. The molecule has 1 unspecified atom stereocenters. The summed E-state index contributed by atoms with van der Waals surface area (Å²) in [7, 11) is 2.15. The third-order valence-corrected chi connectivity index (χ3v) is 8.96. The van der Waals surface area contributed by atoms with Gasteiger partial charge in [0, 0.05) is 25.6 Å². The van der Waals surface area contributed by atoms with E-state index in [0.717, 1.165) is 37.1 Å². The van der Waals surface area contributed by atoms with Crippen LogP contribution in [-0.4, -0.2) is 19.1 Å². The number of hydrogen-bond donors (Lipinski definition) is 0. The molecule has 0 bridgehead atoms. The predicted molar refractivity (Wildman–Crippen MR) is 160 cm³/mol. The Hall–Kier alpha value is -3.14. The molecule has 200 valence electrons. The Labute approximate surface area is 228 Å². The SMILES string of the molecule is CCC(C)(C)c1cccc(-c2cnc3n2CC(C/C(C)=C(/C)c2nc4c(C(C)(C)C)cccc4n2C)C3)c1. The Morgan fingerprint density at radius 1 is 1.03 bits per heavy atom. The van der Waals surface area contributed by atoms with E-state index in [1.807, 2.05) is 0 Å². The van der Waals surface area contributed by atoms with E-state index in [1.54, 1.807) is 0 Å². The summed E-state index contributed by atoms with van der Waals surface area (Å²) in [6.45, 7) is 19.3. The maximum absolute atomic E-state index is 5.18. The first-order valence-corrected chi connectivity index (χ1v) is 14.2. The number of benzene rings is 2. The summed E-state index contributed by atoms with van der Waals surface area (Å²) in [5, 5.41) is 0. The summed E-state index contributed by atoms with van der Waals surface area (Å²) in [4.78, 5) is 10.0. The van der Waals surface area contributed by atoms with Gasteiger partial charge < -0.3 is 9.13 Å². The molecule has 4 aromatic rings. The fourth-order valence-electron chi connectivity index (χ4n) is 5.96. The molecule has 0 fully saturated rings. The number of aryl methyl sites for hydroxylation is 1. The molecule has 5 rings (SSSR count). The van der Waals surface area contributed by atoms with Crippen LogP contribution in [0.25, 0.3) is 27.9 Å². The molecule has 1 aliphatic heterocycles. The molecule has 0 N–H and O–H groups in total. The van der Waals surface area contributed by atoms with Crippen molar-refractivity contribution in [3.05, 3.63) is 77.0 Å². The van der Waals surface area contributed by atoms with E-state index < -0.39 is 0 Å². The van der Waals surface area contributed by atoms with Gasteiger partial charge in [-0.2, -0.15) is 0 Å². The van der Waals surface area contributed by atoms with Gasteiger partial charge in [0.05, 0.1) is 22.9 Å². The largest absolute Gasteiger partial charge is 0.328 e. The van der Waals surface area contributed by atoms with Crippen LogP contribution >= 0.6 is 0 Å². The zero-order valence-electron chi connectivity index (χ0n) is 24.8. The molecule has 3 heterocycles. The second-order valence-electron chi connectivity index (χ2n) is 13.1. The third kappa shape index (κ3) is 4.63. The lowest BCUT2D eigenvalue weighted by Crippen LogP contribution is -2.15. The first-order chi connectivity index (χ1) is 17.9. The summed E-state index contributed by atoms with van der Waals surface area (Å²) in [5.74, 6) is 2.86. The molecule has 4 heteroatoms.